The Bertz CT molecular complexity index is 782. The summed E-state index contributed by atoms with van der Waals surface area (Å²) in [6.45, 7) is 0. The fraction of sp³-hybridized carbons (Fsp3) is 0.429. The lowest BCUT2D eigenvalue weighted by molar-refractivity contribution is -0.133. The maximum atomic E-state index is 13.0. The van der Waals surface area contributed by atoms with Crippen LogP contribution in [0.4, 0.5) is 4.39 Å². The summed E-state index contributed by atoms with van der Waals surface area (Å²) in [6, 6.07) is 11.4. The van der Waals surface area contributed by atoms with Crippen molar-refractivity contribution in [1.82, 2.24) is 9.88 Å². The summed E-state index contributed by atoms with van der Waals surface area (Å²) in [6.07, 6.45) is 7.62. The molecule has 1 saturated carbocycles. The molecule has 4 heteroatoms. The van der Waals surface area contributed by atoms with E-state index in [1.54, 1.807) is 12.1 Å². The minimum Gasteiger partial charge on any atom is -0.336 e. The Kier molecular flexibility index (Phi) is 3.40. The number of aromatic nitrogens is 1. The normalized spacial score (nSPS) is 29.9. The molecule has 2 atom stereocenters. The first kappa shape index (κ1) is 15.1. The highest BCUT2D eigenvalue weighted by atomic mass is 19.1. The van der Waals surface area contributed by atoms with Gasteiger partial charge in [-0.1, -0.05) is 6.07 Å². The second-order valence-electron chi connectivity index (χ2n) is 7.64. The van der Waals surface area contributed by atoms with Crippen molar-refractivity contribution in [2.24, 2.45) is 5.92 Å². The molecule has 0 radical (unpaired) electrons. The van der Waals surface area contributed by atoms with E-state index >= 15 is 0 Å². The molecule has 2 aromatic rings. The molecule has 128 valence electrons. The van der Waals surface area contributed by atoms with Gasteiger partial charge < -0.3 is 4.90 Å². The molecule has 0 spiro atoms. The number of rotatable bonds is 3. The number of carbonyl (C=O) groups is 1. The third kappa shape index (κ3) is 2.55. The molecule has 3 aliphatic rings. The molecule has 2 aliphatic heterocycles. The Hall–Kier alpha value is -2.23. The summed E-state index contributed by atoms with van der Waals surface area (Å²) >= 11 is 0. The SMILES string of the molecule is O=C(C1CC1c1ccc(-c2ccc(F)cc2)nc1)N1C2CCC1CC2. The lowest BCUT2D eigenvalue weighted by atomic mass is 10.0. The second kappa shape index (κ2) is 5.65. The van der Waals surface area contributed by atoms with Gasteiger partial charge in [0.1, 0.15) is 5.82 Å². The van der Waals surface area contributed by atoms with Crippen molar-refractivity contribution in [2.45, 2.75) is 50.1 Å². The van der Waals surface area contributed by atoms with Crippen molar-refractivity contribution in [2.75, 3.05) is 0 Å². The zero-order chi connectivity index (χ0) is 17.0. The highest BCUT2D eigenvalue weighted by Crippen LogP contribution is 2.51. The van der Waals surface area contributed by atoms with Gasteiger partial charge in [0.2, 0.25) is 5.91 Å². The molecule has 1 amide bonds. The maximum absolute atomic E-state index is 13.0. The lowest BCUT2D eigenvalue weighted by Gasteiger charge is -2.22. The van der Waals surface area contributed by atoms with Crippen LogP contribution in [-0.2, 0) is 4.79 Å². The van der Waals surface area contributed by atoms with Gasteiger partial charge >= 0.3 is 0 Å². The summed E-state index contributed by atoms with van der Waals surface area (Å²) in [5.74, 6) is 0.607. The number of nitrogens with zero attached hydrogens (tertiary/aromatic N) is 2. The first-order chi connectivity index (χ1) is 12.2. The molecule has 0 N–H and O–H groups in total. The van der Waals surface area contributed by atoms with Crippen LogP contribution in [0.2, 0.25) is 0 Å². The van der Waals surface area contributed by atoms with Crippen LogP contribution in [-0.4, -0.2) is 27.9 Å². The molecular weight excluding hydrogens is 315 g/mol. The van der Waals surface area contributed by atoms with Gasteiger partial charge in [0.05, 0.1) is 5.69 Å². The molecule has 1 aromatic heterocycles. The van der Waals surface area contributed by atoms with Crippen LogP contribution in [0, 0.1) is 11.7 Å². The van der Waals surface area contributed by atoms with Crippen molar-refractivity contribution in [3.63, 3.8) is 0 Å². The van der Waals surface area contributed by atoms with E-state index in [2.05, 4.69) is 16.0 Å². The molecule has 5 rings (SSSR count). The van der Waals surface area contributed by atoms with E-state index in [-0.39, 0.29) is 11.7 Å². The summed E-state index contributed by atoms with van der Waals surface area (Å²) < 4.78 is 13.0. The van der Waals surface area contributed by atoms with Gasteiger partial charge in [-0.25, -0.2) is 4.39 Å². The summed E-state index contributed by atoms with van der Waals surface area (Å²) in [5, 5.41) is 0. The molecular formula is C21H21FN2O. The topological polar surface area (TPSA) is 33.2 Å². The van der Waals surface area contributed by atoms with Crippen molar-refractivity contribution in [1.29, 1.82) is 0 Å². The summed E-state index contributed by atoms with van der Waals surface area (Å²) in [4.78, 5) is 19.6. The van der Waals surface area contributed by atoms with Gasteiger partial charge in [-0.3, -0.25) is 9.78 Å². The van der Waals surface area contributed by atoms with E-state index in [1.807, 2.05) is 12.3 Å². The Morgan fingerprint density at radius 1 is 1.00 bits per heavy atom. The Labute approximate surface area is 146 Å². The van der Waals surface area contributed by atoms with Crippen LogP contribution in [0.15, 0.2) is 42.6 Å². The van der Waals surface area contributed by atoms with Gasteiger partial charge in [-0.15, -0.1) is 0 Å². The minimum atomic E-state index is -0.240. The second-order valence-corrected chi connectivity index (χ2v) is 7.64. The maximum Gasteiger partial charge on any atom is 0.226 e. The Balaban J connectivity index is 1.29. The molecule has 3 heterocycles. The van der Waals surface area contributed by atoms with Crippen LogP contribution >= 0.6 is 0 Å². The first-order valence-corrected chi connectivity index (χ1v) is 9.25. The van der Waals surface area contributed by atoms with E-state index < -0.39 is 0 Å². The van der Waals surface area contributed by atoms with Gasteiger partial charge in [0.15, 0.2) is 0 Å². The van der Waals surface area contributed by atoms with Crippen LogP contribution in [0.1, 0.15) is 43.6 Å². The third-order valence-electron chi connectivity index (χ3n) is 6.17. The van der Waals surface area contributed by atoms with Crippen LogP contribution < -0.4 is 0 Å². The van der Waals surface area contributed by atoms with Gasteiger partial charge in [-0.2, -0.15) is 0 Å². The molecule has 1 aromatic carbocycles. The largest absolute Gasteiger partial charge is 0.336 e. The fourth-order valence-electron chi connectivity index (χ4n) is 4.72. The van der Waals surface area contributed by atoms with Crippen molar-refractivity contribution in [3.8, 4) is 11.3 Å². The van der Waals surface area contributed by atoms with Crippen molar-refractivity contribution < 1.29 is 9.18 Å². The van der Waals surface area contributed by atoms with E-state index in [1.165, 1.54) is 37.8 Å². The minimum absolute atomic E-state index is 0.152. The number of fused-ring (bicyclic) bond motifs is 2. The van der Waals surface area contributed by atoms with Crippen molar-refractivity contribution >= 4 is 5.91 Å². The highest BCUT2D eigenvalue weighted by molar-refractivity contribution is 5.84. The molecule has 2 bridgehead atoms. The number of amides is 1. The van der Waals surface area contributed by atoms with Crippen LogP contribution in [0.25, 0.3) is 11.3 Å². The summed E-state index contributed by atoms with van der Waals surface area (Å²) in [7, 11) is 0. The molecule has 3 fully saturated rings. The number of carbonyl (C=O) groups excluding carboxylic acids is 1. The predicted octanol–water partition coefficient (Wildman–Crippen LogP) is 4.14. The Morgan fingerprint density at radius 3 is 2.28 bits per heavy atom. The smallest absolute Gasteiger partial charge is 0.226 e. The molecule has 1 aliphatic carbocycles. The monoisotopic (exact) mass is 336 g/mol. The van der Waals surface area contributed by atoms with Crippen molar-refractivity contribution in [3.05, 3.63) is 54.0 Å². The summed E-state index contributed by atoms with van der Waals surface area (Å²) in [5.41, 5.74) is 2.89. The number of benzene rings is 1. The number of halogens is 1. The quantitative estimate of drug-likeness (QED) is 0.844. The number of hydrogen-bond acceptors (Lipinski definition) is 2. The Morgan fingerprint density at radius 2 is 1.68 bits per heavy atom. The van der Waals surface area contributed by atoms with E-state index in [0.29, 0.717) is 23.9 Å². The van der Waals surface area contributed by atoms with Gasteiger partial charge in [-0.05, 0) is 73.9 Å². The van der Waals surface area contributed by atoms with Crippen LogP contribution in [0.3, 0.4) is 0 Å². The number of hydrogen-bond donors (Lipinski definition) is 0. The predicted molar refractivity (Wildman–Crippen MR) is 93.4 cm³/mol. The molecule has 3 nitrogen and oxygen atoms in total. The third-order valence-corrected chi connectivity index (χ3v) is 6.17. The standard InChI is InChI=1S/C21H21FN2O/c22-15-4-1-13(2-5-15)20-10-3-14(12-23-20)18-11-19(18)21(25)24-16-6-7-17(24)9-8-16/h1-5,10,12,16-19H,6-9,11H2. The molecule has 2 saturated heterocycles. The van der Waals surface area contributed by atoms with Gasteiger partial charge in [0, 0.05) is 29.8 Å². The molecule has 2 unspecified atom stereocenters. The fourth-order valence-corrected chi connectivity index (χ4v) is 4.72. The first-order valence-electron chi connectivity index (χ1n) is 9.25. The van der Waals surface area contributed by atoms with E-state index in [9.17, 15) is 9.18 Å². The number of pyridine rings is 1. The average Bonchev–Trinajstić information content (AvgIpc) is 3.22. The van der Waals surface area contributed by atoms with E-state index in [0.717, 1.165) is 23.2 Å². The zero-order valence-electron chi connectivity index (χ0n) is 14.1. The van der Waals surface area contributed by atoms with E-state index in [4.69, 9.17) is 0 Å². The average molecular weight is 336 g/mol. The van der Waals surface area contributed by atoms with Gasteiger partial charge in [0.25, 0.3) is 0 Å². The lowest BCUT2D eigenvalue weighted by Crippen LogP contribution is -2.36. The zero-order valence-corrected chi connectivity index (χ0v) is 14.1. The van der Waals surface area contributed by atoms with Crippen LogP contribution in [0.5, 0.6) is 0 Å². The highest BCUT2D eigenvalue weighted by Gasteiger charge is 2.51. The molecule has 25 heavy (non-hydrogen) atoms.